The molecule has 2 aromatic carbocycles. The van der Waals surface area contributed by atoms with Crippen LogP contribution in [0.3, 0.4) is 0 Å². The molecule has 0 saturated carbocycles. The lowest BCUT2D eigenvalue weighted by Crippen LogP contribution is -2.35. The number of carbonyl (C=O) groups is 1. The molecule has 0 unspecified atom stereocenters. The molecular formula is C20H20BrNO2. The van der Waals surface area contributed by atoms with Crippen molar-refractivity contribution < 1.29 is 9.53 Å². The minimum Gasteiger partial charge on any atom is -0.445 e. The van der Waals surface area contributed by atoms with Crippen LogP contribution >= 0.6 is 15.9 Å². The van der Waals surface area contributed by atoms with Gasteiger partial charge < -0.3 is 9.64 Å². The number of nitrogens with zero attached hydrogens (tertiary/aromatic N) is 1. The van der Waals surface area contributed by atoms with Gasteiger partial charge in [-0.1, -0.05) is 58.4 Å². The van der Waals surface area contributed by atoms with Gasteiger partial charge in [-0.2, -0.15) is 0 Å². The molecule has 0 spiro atoms. The van der Waals surface area contributed by atoms with E-state index in [0.717, 1.165) is 16.5 Å². The number of aryl methyl sites for hydroxylation is 1. The summed E-state index contributed by atoms with van der Waals surface area (Å²) in [6.07, 6.45) is 2.73. The van der Waals surface area contributed by atoms with E-state index in [1.165, 1.54) is 16.7 Å². The van der Waals surface area contributed by atoms with Crippen LogP contribution in [0.25, 0.3) is 5.57 Å². The molecule has 0 aromatic heterocycles. The number of halogens is 1. The van der Waals surface area contributed by atoms with E-state index in [9.17, 15) is 4.79 Å². The fourth-order valence-corrected chi connectivity index (χ4v) is 3.35. The molecule has 1 aliphatic heterocycles. The zero-order valence-electron chi connectivity index (χ0n) is 13.7. The Morgan fingerprint density at radius 1 is 1.21 bits per heavy atom. The number of ether oxygens (including phenoxy) is 1. The molecule has 3 rings (SSSR count). The highest BCUT2D eigenvalue weighted by atomic mass is 79.9. The maximum atomic E-state index is 12.2. The summed E-state index contributed by atoms with van der Waals surface area (Å²) in [5.74, 6) is 0. The maximum Gasteiger partial charge on any atom is 0.410 e. The number of benzene rings is 2. The van der Waals surface area contributed by atoms with Gasteiger partial charge in [-0.25, -0.2) is 4.79 Å². The molecular weight excluding hydrogens is 366 g/mol. The molecule has 1 heterocycles. The average Bonchev–Trinajstić information content (AvgIpc) is 2.61. The summed E-state index contributed by atoms with van der Waals surface area (Å²) in [6.45, 7) is 3.72. The van der Waals surface area contributed by atoms with Gasteiger partial charge in [-0.3, -0.25) is 0 Å². The minimum absolute atomic E-state index is 0.248. The van der Waals surface area contributed by atoms with Crippen LogP contribution in [0.4, 0.5) is 4.79 Å². The van der Waals surface area contributed by atoms with Crippen LogP contribution in [0.1, 0.15) is 23.1 Å². The Balaban J connectivity index is 1.59. The minimum atomic E-state index is -0.248. The Morgan fingerprint density at radius 2 is 2.00 bits per heavy atom. The molecule has 0 bridgehead atoms. The monoisotopic (exact) mass is 385 g/mol. The Kier molecular flexibility index (Phi) is 5.36. The van der Waals surface area contributed by atoms with Crippen LogP contribution in [0.2, 0.25) is 0 Å². The van der Waals surface area contributed by atoms with Crippen molar-refractivity contribution in [2.75, 3.05) is 13.1 Å². The first-order chi connectivity index (χ1) is 11.6. The van der Waals surface area contributed by atoms with Crippen molar-refractivity contribution >= 4 is 27.6 Å². The van der Waals surface area contributed by atoms with E-state index in [4.69, 9.17) is 4.74 Å². The molecule has 124 valence electrons. The van der Waals surface area contributed by atoms with Crippen molar-refractivity contribution in [3.63, 3.8) is 0 Å². The van der Waals surface area contributed by atoms with Gasteiger partial charge in [0.1, 0.15) is 6.61 Å². The summed E-state index contributed by atoms with van der Waals surface area (Å²) < 4.78 is 6.49. The normalized spacial score (nSPS) is 14.2. The lowest BCUT2D eigenvalue weighted by atomic mass is 9.96. The number of rotatable bonds is 3. The summed E-state index contributed by atoms with van der Waals surface area (Å²) in [5, 5.41) is 0. The van der Waals surface area contributed by atoms with E-state index in [0.29, 0.717) is 19.7 Å². The molecule has 4 heteroatoms. The Bertz CT molecular complexity index is 755. The summed E-state index contributed by atoms with van der Waals surface area (Å²) in [4.78, 5) is 13.9. The second-order valence-electron chi connectivity index (χ2n) is 5.92. The van der Waals surface area contributed by atoms with E-state index in [2.05, 4.69) is 47.1 Å². The van der Waals surface area contributed by atoms with Gasteiger partial charge in [0, 0.05) is 17.6 Å². The van der Waals surface area contributed by atoms with Crippen LogP contribution in [-0.2, 0) is 11.3 Å². The van der Waals surface area contributed by atoms with Gasteiger partial charge in [0.25, 0.3) is 0 Å². The van der Waals surface area contributed by atoms with E-state index < -0.39 is 0 Å². The first-order valence-electron chi connectivity index (χ1n) is 8.04. The van der Waals surface area contributed by atoms with Crippen molar-refractivity contribution in [2.24, 2.45) is 0 Å². The summed E-state index contributed by atoms with van der Waals surface area (Å²) in [5.41, 5.74) is 4.81. The summed E-state index contributed by atoms with van der Waals surface area (Å²) >= 11 is 3.50. The van der Waals surface area contributed by atoms with Crippen molar-refractivity contribution in [1.29, 1.82) is 0 Å². The van der Waals surface area contributed by atoms with Gasteiger partial charge in [0.05, 0.1) is 0 Å². The third kappa shape index (κ3) is 4.06. The topological polar surface area (TPSA) is 29.5 Å². The van der Waals surface area contributed by atoms with Crippen molar-refractivity contribution in [1.82, 2.24) is 4.90 Å². The first-order valence-corrected chi connectivity index (χ1v) is 8.84. The highest BCUT2D eigenvalue weighted by molar-refractivity contribution is 9.10. The van der Waals surface area contributed by atoms with Crippen LogP contribution < -0.4 is 0 Å². The van der Waals surface area contributed by atoms with Gasteiger partial charge >= 0.3 is 6.09 Å². The van der Waals surface area contributed by atoms with E-state index in [1.807, 2.05) is 30.3 Å². The Hall–Kier alpha value is -2.07. The molecule has 1 aliphatic rings. The van der Waals surface area contributed by atoms with E-state index in [-0.39, 0.29) is 6.09 Å². The number of carbonyl (C=O) groups excluding carboxylic acids is 1. The smallest absolute Gasteiger partial charge is 0.410 e. The van der Waals surface area contributed by atoms with Crippen LogP contribution in [0.5, 0.6) is 0 Å². The molecule has 0 N–H and O–H groups in total. The molecule has 0 saturated heterocycles. The standard InChI is InChI=1S/C20H20BrNO2/c1-15-13-18(21)7-8-19(15)17-9-11-22(12-10-17)20(23)24-14-16-5-3-2-4-6-16/h2-9,13H,10-12,14H2,1H3. The predicted molar refractivity (Wildman–Crippen MR) is 99.7 cm³/mol. The molecule has 0 fully saturated rings. The highest BCUT2D eigenvalue weighted by Gasteiger charge is 2.19. The van der Waals surface area contributed by atoms with Crippen molar-refractivity contribution in [3.8, 4) is 0 Å². The van der Waals surface area contributed by atoms with Crippen molar-refractivity contribution in [2.45, 2.75) is 20.0 Å². The van der Waals surface area contributed by atoms with E-state index in [1.54, 1.807) is 4.90 Å². The quantitative estimate of drug-likeness (QED) is 0.727. The lowest BCUT2D eigenvalue weighted by Gasteiger charge is -2.26. The third-order valence-corrected chi connectivity index (χ3v) is 4.70. The predicted octanol–water partition coefficient (Wildman–Crippen LogP) is 5.18. The second kappa shape index (κ2) is 7.67. The number of hydrogen-bond acceptors (Lipinski definition) is 2. The highest BCUT2D eigenvalue weighted by Crippen LogP contribution is 2.27. The summed E-state index contributed by atoms with van der Waals surface area (Å²) in [7, 11) is 0. The maximum absolute atomic E-state index is 12.2. The fourth-order valence-electron chi connectivity index (χ4n) is 2.88. The van der Waals surface area contributed by atoms with Crippen LogP contribution in [0, 0.1) is 6.92 Å². The molecule has 0 atom stereocenters. The molecule has 3 nitrogen and oxygen atoms in total. The van der Waals surface area contributed by atoms with Gasteiger partial charge in [0.15, 0.2) is 0 Å². The molecule has 1 amide bonds. The largest absolute Gasteiger partial charge is 0.445 e. The second-order valence-corrected chi connectivity index (χ2v) is 6.84. The molecule has 2 aromatic rings. The van der Waals surface area contributed by atoms with Crippen LogP contribution in [-0.4, -0.2) is 24.1 Å². The zero-order chi connectivity index (χ0) is 16.9. The molecule has 24 heavy (non-hydrogen) atoms. The summed E-state index contributed by atoms with van der Waals surface area (Å²) in [6, 6.07) is 16.1. The zero-order valence-corrected chi connectivity index (χ0v) is 15.3. The Labute approximate surface area is 151 Å². The SMILES string of the molecule is Cc1cc(Br)ccc1C1=CCN(C(=O)OCc2ccccc2)CC1. The lowest BCUT2D eigenvalue weighted by molar-refractivity contribution is 0.0998. The van der Waals surface area contributed by atoms with Gasteiger partial charge in [-0.05, 0) is 47.7 Å². The van der Waals surface area contributed by atoms with E-state index >= 15 is 0 Å². The number of amides is 1. The van der Waals surface area contributed by atoms with Gasteiger partial charge in [0.2, 0.25) is 0 Å². The average molecular weight is 386 g/mol. The van der Waals surface area contributed by atoms with Crippen LogP contribution in [0.15, 0.2) is 59.1 Å². The number of hydrogen-bond donors (Lipinski definition) is 0. The molecule has 0 radical (unpaired) electrons. The van der Waals surface area contributed by atoms with Gasteiger partial charge in [-0.15, -0.1) is 0 Å². The Morgan fingerprint density at radius 3 is 2.67 bits per heavy atom. The van der Waals surface area contributed by atoms with Crippen molar-refractivity contribution in [3.05, 3.63) is 75.8 Å². The first kappa shape index (κ1) is 16.8. The third-order valence-electron chi connectivity index (χ3n) is 4.21. The molecule has 0 aliphatic carbocycles. The fraction of sp³-hybridized carbons (Fsp3) is 0.250.